The maximum Gasteiger partial charge on any atom is 0.296 e. The molecule has 0 unspecified atom stereocenters. The van der Waals surface area contributed by atoms with Crippen molar-refractivity contribution in [3.05, 3.63) is 23.2 Å². The van der Waals surface area contributed by atoms with Gasteiger partial charge in [0.2, 0.25) is 0 Å². The van der Waals surface area contributed by atoms with Crippen LogP contribution in [0.25, 0.3) is 0 Å². The Bertz CT molecular complexity index is 474. The Morgan fingerprint density at radius 1 is 1.44 bits per heavy atom. The van der Waals surface area contributed by atoms with Gasteiger partial charge in [-0.25, -0.2) is 5.14 Å². The molecule has 0 saturated heterocycles. The molecular weight excluding hydrogens is 252 g/mol. The van der Waals surface area contributed by atoms with Crippen LogP contribution in [-0.2, 0) is 10.2 Å². The van der Waals surface area contributed by atoms with E-state index in [-0.39, 0.29) is 6.10 Å². The number of halogens is 1. The first-order valence-electron chi connectivity index (χ1n) is 4.54. The highest BCUT2D eigenvalue weighted by atomic mass is 35.5. The molecule has 0 atom stereocenters. The maximum atomic E-state index is 10.8. The van der Waals surface area contributed by atoms with Crippen LogP contribution >= 0.6 is 11.6 Å². The molecule has 16 heavy (non-hydrogen) atoms. The second kappa shape index (κ2) is 4.90. The lowest BCUT2D eigenvalue weighted by Crippen LogP contribution is -2.21. The van der Waals surface area contributed by atoms with Crippen molar-refractivity contribution in [1.82, 2.24) is 0 Å². The van der Waals surface area contributed by atoms with Gasteiger partial charge in [0.1, 0.15) is 5.75 Å². The van der Waals surface area contributed by atoms with Crippen molar-refractivity contribution in [3.63, 3.8) is 0 Å². The third-order valence-electron chi connectivity index (χ3n) is 1.55. The smallest absolute Gasteiger partial charge is 0.296 e. The van der Waals surface area contributed by atoms with E-state index < -0.39 is 10.2 Å². The predicted molar refractivity (Wildman–Crippen MR) is 63.9 cm³/mol. The van der Waals surface area contributed by atoms with Gasteiger partial charge in [-0.15, -0.1) is 0 Å². The normalized spacial score (nSPS) is 11.6. The first-order chi connectivity index (χ1) is 7.28. The second-order valence-electron chi connectivity index (χ2n) is 3.46. The molecule has 0 fully saturated rings. The zero-order chi connectivity index (χ0) is 12.3. The number of ether oxygens (including phenoxy) is 1. The predicted octanol–water partition coefficient (Wildman–Crippen LogP) is 1.74. The Balaban J connectivity index is 2.91. The summed E-state index contributed by atoms with van der Waals surface area (Å²) in [7, 11) is -3.78. The van der Waals surface area contributed by atoms with E-state index in [1.165, 1.54) is 12.1 Å². The van der Waals surface area contributed by atoms with Gasteiger partial charge in [0.25, 0.3) is 10.2 Å². The molecule has 0 saturated carbocycles. The zero-order valence-corrected chi connectivity index (χ0v) is 10.5. The van der Waals surface area contributed by atoms with Crippen molar-refractivity contribution in [3.8, 4) is 5.75 Å². The highest BCUT2D eigenvalue weighted by Gasteiger charge is 2.07. The topological polar surface area (TPSA) is 81.4 Å². The third kappa shape index (κ3) is 4.26. The average molecular weight is 265 g/mol. The lowest BCUT2D eigenvalue weighted by Gasteiger charge is -2.12. The molecule has 0 aliphatic carbocycles. The van der Waals surface area contributed by atoms with E-state index >= 15 is 0 Å². The van der Waals surface area contributed by atoms with E-state index in [4.69, 9.17) is 21.5 Å². The molecule has 5 nitrogen and oxygen atoms in total. The van der Waals surface area contributed by atoms with Crippen LogP contribution in [0, 0.1) is 0 Å². The Morgan fingerprint density at radius 2 is 2.06 bits per heavy atom. The summed E-state index contributed by atoms with van der Waals surface area (Å²) in [5, 5.41) is 5.14. The molecule has 7 heteroatoms. The van der Waals surface area contributed by atoms with E-state index in [2.05, 4.69) is 4.72 Å². The molecule has 0 spiro atoms. The van der Waals surface area contributed by atoms with Gasteiger partial charge in [-0.3, -0.25) is 4.72 Å². The minimum atomic E-state index is -3.78. The van der Waals surface area contributed by atoms with Crippen molar-refractivity contribution >= 4 is 27.5 Å². The average Bonchev–Trinajstić information content (AvgIpc) is 2.06. The quantitative estimate of drug-likeness (QED) is 0.869. The number of hydrogen-bond acceptors (Lipinski definition) is 3. The molecular formula is C9H13ClN2O3S. The fraction of sp³-hybridized carbons (Fsp3) is 0.333. The van der Waals surface area contributed by atoms with Gasteiger partial charge < -0.3 is 4.74 Å². The van der Waals surface area contributed by atoms with E-state index in [1.54, 1.807) is 6.07 Å². The van der Waals surface area contributed by atoms with E-state index in [0.717, 1.165) is 0 Å². The number of rotatable bonds is 4. The summed E-state index contributed by atoms with van der Waals surface area (Å²) >= 11 is 5.90. The van der Waals surface area contributed by atoms with Crippen LogP contribution in [0.15, 0.2) is 18.2 Å². The van der Waals surface area contributed by atoms with Crippen molar-refractivity contribution < 1.29 is 13.2 Å². The van der Waals surface area contributed by atoms with Crippen LogP contribution in [0.4, 0.5) is 5.69 Å². The van der Waals surface area contributed by atoms with Crippen LogP contribution in [0.5, 0.6) is 5.75 Å². The SMILES string of the molecule is CC(C)Oc1ccc(NS(N)(=O)=O)cc1Cl. The van der Waals surface area contributed by atoms with Gasteiger partial charge in [-0.1, -0.05) is 11.6 Å². The van der Waals surface area contributed by atoms with Gasteiger partial charge >= 0.3 is 0 Å². The van der Waals surface area contributed by atoms with Crippen LogP contribution in [0.3, 0.4) is 0 Å². The molecule has 1 aromatic carbocycles. The van der Waals surface area contributed by atoms with E-state index in [9.17, 15) is 8.42 Å². The lowest BCUT2D eigenvalue weighted by atomic mass is 10.3. The Morgan fingerprint density at radius 3 is 2.50 bits per heavy atom. The summed E-state index contributed by atoms with van der Waals surface area (Å²) in [6, 6.07) is 4.54. The molecule has 0 radical (unpaired) electrons. The Labute approximate surface area is 99.7 Å². The van der Waals surface area contributed by atoms with Gasteiger partial charge in [-0.05, 0) is 32.0 Å². The molecule has 0 bridgehead atoms. The summed E-state index contributed by atoms with van der Waals surface area (Å²) in [6.45, 7) is 3.74. The fourth-order valence-corrected chi connectivity index (χ4v) is 1.76. The van der Waals surface area contributed by atoms with E-state index in [1.807, 2.05) is 13.8 Å². The summed E-state index contributed by atoms with van der Waals surface area (Å²) in [6.07, 6.45) is -0.00505. The summed E-state index contributed by atoms with van der Waals surface area (Å²) < 4.78 is 29.0. The number of benzene rings is 1. The molecule has 0 aliphatic heterocycles. The first kappa shape index (κ1) is 13.1. The zero-order valence-electron chi connectivity index (χ0n) is 8.90. The summed E-state index contributed by atoms with van der Waals surface area (Å²) in [5.74, 6) is 0.497. The Hall–Kier alpha value is -0.980. The summed E-state index contributed by atoms with van der Waals surface area (Å²) in [4.78, 5) is 0. The van der Waals surface area contributed by atoms with Crippen molar-refractivity contribution in [1.29, 1.82) is 0 Å². The minimum absolute atomic E-state index is 0.00505. The fourth-order valence-electron chi connectivity index (χ4n) is 1.08. The first-order valence-corrected chi connectivity index (χ1v) is 6.47. The van der Waals surface area contributed by atoms with Crippen LogP contribution in [0.1, 0.15) is 13.8 Å². The molecule has 0 aliphatic rings. The monoisotopic (exact) mass is 264 g/mol. The van der Waals surface area contributed by atoms with Gasteiger partial charge in [0, 0.05) is 0 Å². The molecule has 0 amide bonds. The molecule has 0 heterocycles. The highest BCUT2D eigenvalue weighted by molar-refractivity contribution is 7.90. The van der Waals surface area contributed by atoms with Crippen LogP contribution in [-0.4, -0.2) is 14.5 Å². The molecule has 0 aromatic heterocycles. The van der Waals surface area contributed by atoms with Crippen molar-refractivity contribution in [2.45, 2.75) is 20.0 Å². The van der Waals surface area contributed by atoms with Gasteiger partial charge in [-0.2, -0.15) is 8.42 Å². The molecule has 90 valence electrons. The standard InChI is InChI=1S/C9H13ClN2O3S/c1-6(2)15-9-4-3-7(5-8(9)10)12-16(11,13)14/h3-6,12H,1-2H3,(H2,11,13,14). The largest absolute Gasteiger partial charge is 0.489 e. The number of nitrogens with one attached hydrogen (secondary N) is 1. The minimum Gasteiger partial charge on any atom is -0.489 e. The highest BCUT2D eigenvalue weighted by Crippen LogP contribution is 2.28. The number of anilines is 1. The number of nitrogens with two attached hydrogens (primary N) is 1. The van der Waals surface area contributed by atoms with Crippen molar-refractivity contribution in [2.75, 3.05) is 4.72 Å². The summed E-state index contributed by atoms with van der Waals surface area (Å²) in [5.41, 5.74) is 0.295. The second-order valence-corrected chi connectivity index (χ2v) is 5.16. The maximum absolute atomic E-state index is 10.8. The van der Waals surface area contributed by atoms with Crippen LogP contribution in [0.2, 0.25) is 5.02 Å². The van der Waals surface area contributed by atoms with Crippen molar-refractivity contribution in [2.24, 2.45) is 5.14 Å². The molecule has 3 N–H and O–H groups in total. The molecule has 1 rings (SSSR count). The van der Waals surface area contributed by atoms with Crippen LogP contribution < -0.4 is 14.6 Å². The Kier molecular flexibility index (Phi) is 4.01. The third-order valence-corrected chi connectivity index (χ3v) is 2.37. The molecule has 1 aromatic rings. The van der Waals surface area contributed by atoms with E-state index in [0.29, 0.717) is 16.5 Å². The van der Waals surface area contributed by atoms with Gasteiger partial charge in [0.05, 0.1) is 16.8 Å². The van der Waals surface area contributed by atoms with Gasteiger partial charge in [0.15, 0.2) is 0 Å². The number of hydrogen-bond donors (Lipinski definition) is 2. The lowest BCUT2D eigenvalue weighted by molar-refractivity contribution is 0.242.